The molecule has 0 unspecified atom stereocenters. The van der Waals surface area contributed by atoms with E-state index >= 15 is 0 Å². The van der Waals surface area contributed by atoms with E-state index < -0.39 is 0 Å². The summed E-state index contributed by atoms with van der Waals surface area (Å²) >= 11 is 0. The van der Waals surface area contributed by atoms with Gasteiger partial charge in [-0.1, -0.05) is 57.6 Å². The van der Waals surface area contributed by atoms with Gasteiger partial charge in [-0.05, 0) is 32.6 Å². The molecular formula is C14H28. The first-order valence-corrected chi connectivity index (χ1v) is 6.46. The summed E-state index contributed by atoms with van der Waals surface area (Å²) in [7, 11) is 0. The van der Waals surface area contributed by atoms with E-state index in [1.165, 1.54) is 57.8 Å². The zero-order valence-corrected chi connectivity index (χ0v) is 10.4. The highest BCUT2D eigenvalue weighted by Crippen LogP contribution is 2.11. The van der Waals surface area contributed by atoms with Gasteiger partial charge in [-0.3, -0.25) is 0 Å². The summed E-state index contributed by atoms with van der Waals surface area (Å²) in [6, 6.07) is 0. The van der Waals surface area contributed by atoms with Crippen molar-refractivity contribution in [2.45, 2.75) is 78.6 Å². The van der Waals surface area contributed by atoms with Gasteiger partial charge in [0.2, 0.25) is 0 Å². The van der Waals surface area contributed by atoms with Crippen LogP contribution in [0.15, 0.2) is 11.6 Å². The van der Waals surface area contributed by atoms with Crippen molar-refractivity contribution in [1.29, 1.82) is 0 Å². The second-order valence-electron chi connectivity index (χ2n) is 4.36. The molecule has 0 saturated carbocycles. The largest absolute Gasteiger partial charge is 0.0856 e. The number of allylic oxidation sites excluding steroid dienone is 2. The Labute approximate surface area is 90.8 Å². The van der Waals surface area contributed by atoms with Crippen LogP contribution in [-0.2, 0) is 0 Å². The minimum Gasteiger partial charge on any atom is -0.0856 e. The molecule has 0 bridgehead atoms. The van der Waals surface area contributed by atoms with E-state index in [4.69, 9.17) is 0 Å². The molecule has 0 aromatic heterocycles. The quantitative estimate of drug-likeness (QED) is 0.338. The molecule has 14 heavy (non-hydrogen) atoms. The van der Waals surface area contributed by atoms with Gasteiger partial charge in [0.1, 0.15) is 0 Å². The maximum Gasteiger partial charge on any atom is -0.0323 e. The number of hydrogen-bond acceptors (Lipinski definition) is 0. The van der Waals surface area contributed by atoms with Crippen molar-refractivity contribution in [3.8, 4) is 0 Å². The van der Waals surface area contributed by atoms with Gasteiger partial charge < -0.3 is 0 Å². The van der Waals surface area contributed by atoms with Crippen molar-refractivity contribution in [1.82, 2.24) is 0 Å². The maximum atomic E-state index is 2.45. The van der Waals surface area contributed by atoms with Crippen LogP contribution in [0.3, 0.4) is 0 Å². The molecule has 0 amide bonds. The minimum absolute atomic E-state index is 1.30. The fourth-order valence-electron chi connectivity index (χ4n) is 1.68. The smallest absolute Gasteiger partial charge is 0.0323 e. The van der Waals surface area contributed by atoms with Crippen molar-refractivity contribution >= 4 is 0 Å². The van der Waals surface area contributed by atoms with Crippen molar-refractivity contribution < 1.29 is 0 Å². The second kappa shape index (κ2) is 10.8. The summed E-state index contributed by atoms with van der Waals surface area (Å²) < 4.78 is 0. The van der Waals surface area contributed by atoms with E-state index in [1.54, 1.807) is 5.57 Å². The predicted octanol–water partition coefficient (Wildman–Crippen LogP) is 5.48. The fraction of sp³-hybridized carbons (Fsp3) is 0.857. The highest BCUT2D eigenvalue weighted by atomic mass is 14.0. The first-order valence-electron chi connectivity index (χ1n) is 6.46. The van der Waals surface area contributed by atoms with E-state index in [0.717, 1.165) is 0 Å². The van der Waals surface area contributed by atoms with Gasteiger partial charge in [0, 0.05) is 0 Å². The molecule has 0 spiro atoms. The molecule has 0 N–H and O–H groups in total. The van der Waals surface area contributed by atoms with Gasteiger partial charge >= 0.3 is 0 Å². The SMILES string of the molecule is CCCCCC/C=C(/C)CCCCC. The number of unbranched alkanes of at least 4 members (excludes halogenated alkanes) is 6. The van der Waals surface area contributed by atoms with Crippen LogP contribution in [0.2, 0.25) is 0 Å². The lowest BCUT2D eigenvalue weighted by atomic mass is 10.1. The van der Waals surface area contributed by atoms with Crippen LogP contribution in [0.5, 0.6) is 0 Å². The third-order valence-electron chi connectivity index (χ3n) is 2.73. The Morgan fingerprint density at radius 1 is 0.857 bits per heavy atom. The van der Waals surface area contributed by atoms with Crippen LogP contribution >= 0.6 is 0 Å². The lowest BCUT2D eigenvalue weighted by Gasteiger charge is -2.00. The second-order valence-corrected chi connectivity index (χ2v) is 4.36. The summed E-state index contributed by atoms with van der Waals surface area (Å²) in [5.41, 5.74) is 1.61. The standard InChI is InChI=1S/C14H28/c1-4-6-8-9-11-13-14(3)12-10-7-5-2/h13H,4-12H2,1-3H3/b14-13-. The summed E-state index contributed by atoms with van der Waals surface area (Å²) in [6.45, 7) is 6.82. The van der Waals surface area contributed by atoms with Gasteiger partial charge in [-0.2, -0.15) is 0 Å². The summed E-state index contributed by atoms with van der Waals surface area (Å²) in [6.07, 6.45) is 14.7. The Balaban J connectivity index is 3.27. The van der Waals surface area contributed by atoms with Gasteiger partial charge in [-0.25, -0.2) is 0 Å². The topological polar surface area (TPSA) is 0 Å². The Hall–Kier alpha value is -0.260. The van der Waals surface area contributed by atoms with Gasteiger partial charge in [0.25, 0.3) is 0 Å². The molecule has 0 fully saturated rings. The molecule has 0 heteroatoms. The van der Waals surface area contributed by atoms with Crippen molar-refractivity contribution in [3.05, 3.63) is 11.6 Å². The first kappa shape index (κ1) is 13.7. The molecule has 0 aliphatic heterocycles. The van der Waals surface area contributed by atoms with E-state index in [2.05, 4.69) is 26.8 Å². The molecule has 0 heterocycles. The minimum atomic E-state index is 1.30. The normalized spacial score (nSPS) is 12.1. The summed E-state index contributed by atoms with van der Waals surface area (Å²) in [5, 5.41) is 0. The number of hydrogen-bond donors (Lipinski definition) is 0. The summed E-state index contributed by atoms with van der Waals surface area (Å²) in [4.78, 5) is 0. The van der Waals surface area contributed by atoms with Crippen molar-refractivity contribution in [2.75, 3.05) is 0 Å². The van der Waals surface area contributed by atoms with Gasteiger partial charge in [0.15, 0.2) is 0 Å². The van der Waals surface area contributed by atoms with E-state index in [-0.39, 0.29) is 0 Å². The highest BCUT2D eigenvalue weighted by Gasteiger charge is 1.90. The lowest BCUT2D eigenvalue weighted by Crippen LogP contribution is -1.80. The molecule has 84 valence electrons. The van der Waals surface area contributed by atoms with E-state index in [0.29, 0.717) is 0 Å². The molecule has 0 aromatic carbocycles. The molecular weight excluding hydrogens is 168 g/mol. The average Bonchev–Trinajstić information content (AvgIpc) is 2.18. The Bertz CT molecular complexity index is 133. The Morgan fingerprint density at radius 3 is 2.14 bits per heavy atom. The summed E-state index contributed by atoms with van der Waals surface area (Å²) in [5.74, 6) is 0. The van der Waals surface area contributed by atoms with E-state index in [1.807, 2.05) is 0 Å². The zero-order chi connectivity index (χ0) is 10.6. The van der Waals surface area contributed by atoms with Crippen LogP contribution in [0, 0.1) is 0 Å². The number of rotatable bonds is 9. The van der Waals surface area contributed by atoms with Crippen LogP contribution in [0.1, 0.15) is 78.6 Å². The molecule has 0 saturated heterocycles. The third kappa shape index (κ3) is 9.83. The molecule has 0 radical (unpaired) electrons. The van der Waals surface area contributed by atoms with Crippen molar-refractivity contribution in [3.63, 3.8) is 0 Å². The maximum absolute atomic E-state index is 2.45. The van der Waals surface area contributed by atoms with Gasteiger partial charge in [0.05, 0.1) is 0 Å². The fourth-order valence-corrected chi connectivity index (χ4v) is 1.68. The van der Waals surface area contributed by atoms with Gasteiger partial charge in [-0.15, -0.1) is 0 Å². The Kier molecular flexibility index (Phi) is 10.6. The monoisotopic (exact) mass is 196 g/mol. The molecule has 0 aliphatic carbocycles. The lowest BCUT2D eigenvalue weighted by molar-refractivity contribution is 0.669. The van der Waals surface area contributed by atoms with Crippen LogP contribution in [0.25, 0.3) is 0 Å². The zero-order valence-electron chi connectivity index (χ0n) is 10.4. The molecule has 0 atom stereocenters. The third-order valence-corrected chi connectivity index (χ3v) is 2.73. The van der Waals surface area contributed by atoms with Crippen molar-refractivity contribution in [2.24, 2.45) is 0 Å². The molecule has 0 rings (SSSR count). The van der Waals surface area contributed by atoms with Crippen LogP contribution in [-0.4, -0.2) is 0 Å². The van der Waals surface area contributed by atoms with E-state index in [9.17, 15) is 0 Å². The molecule has 0 nitrogen and oxygen atoms in total. The van der Waals surface area contributed by atoms with Crippen LogP contribution < -0.4 is 0 Å². The first-order chi connectivity index (χ1) is 6.81. The highest BCUT2D eigenvalue weighted by molar-refractivity contribution is 4.97. The molecule has 0 aliphatic rings. The molecule has 0 aromatic rings. The van der Waals surface area contributed by atoms with Crippen LogP contribution in [0.4, 0.5) is 0 Å². The average molecular weight is 196 g/mol. The Morgan fingerprint density at radius 2 is 1.50 bits per heavy atom. The predicted molar refractivity (Wildman–Crippen MR) is 66.7 cm³/mol.